The molecular weight excluding hydrogens is 320 g/mol. The van der Waals surface area contributed by atoms with Gasteiger partial charge in [-0.1, -0.05) is 6.07 Å². The van der Waals surface area contributed by atoms with E-state index in [4.69, 9.17) is 0 Å². The zero-order valence-electron chi connectivity index (χ0n) is 13.6. The second-order valence-electron chi connectivity index (χ2n) is 5.88. The Morgan fingerprint density at radius 1 is 1.38 bits per heavy atom. The normalized spacial score (nSPS) is 14.8. The molecule has 3 heterocycles. The van der Waals surface area contributed by atoms with E-state index in [0.29, 0.717) is 12.0 Å². The van der Waals surface area contributed by atoms with Crippen molar-refractivity contribution in [2.75, 3.05) is 5.32 Å². The number of aromatic nitrogens is 4. The first kappa shape index (κ1) is 15.0. The zero-order chi connectivity index (χ0) is 16.5. The van der Waals surface area contributed by atoms with Crippen molar-refractivity contribution in [3.8, 4) is 11.3 Å². The van der Waals surface area contributed by atoms with Crippen molar-refractivity contribution in [2.45, 2.75) is 32.7 Å². The lowest BCUT2D eigenvalue weighted by Crippen LogP contribution is -2.05. The van der Waals surface area contributed by atoms with Crippen molar-refractivity contribution in [1.82, 2.24) is 19.9 Å². The van der Waals surface area contributed by atoms with Crippen molar-refractivity contribution in [2.24, 2.45) is 5.10 Å². The van der Waals surface area contributed by atoms with Gasteiger partial charge in [-0.3, -0.25) is 0 Å². The van der Waals surface area contributed by atoms with Crippen LogP contribution in [0.15, 0.2) is 41.1 Å². The summed E-state index contributed by atoms with van der Waals surface area (Å²) in [7, 11) is 0. The Balaban J connectivity index is 1.63. The highest BCUT2D eigenvalue weighted by Crippen LogP contribution is 2.25. The van der Waals surface area contributed by atoms with Crippen molar-refractivity contribution in [3.63, 3.8) is 0 Å². The molecule has 1 aliphatic carbocycles. The Hall–Kier alpha value is -2.54. The predicted octanol–water partition coefficient (Wildman–Crippen LogP) is 3.56. The van der Waals surface area contributed by atoms with E-state index in [9.17, 15) is 0 Å². The van der Waals surface area contributed by atoms with E-state index >= 15 is 0 Å². The lowest BCUT2D eigenvalue weighted by Gasteiger charge is -2.05. The van der Waals surface area contributed by atoms with Gasteiger partial charge in [0.1, 0.15) is 0 Å². The van der Waals surface area contributed by atoms with Crippen LogP contribution in [0.4, 0.5) is 5.95 Å². The van der Waals surface area contributed by atoms with Crippen LogP contribution in [0.25, 0.3) is 11.3 Å². The van der Waals surface area contributed by atoms with E-state index in [1.54, 1.807) is 22.3 Å². The first-order chi connectivity index (χ1) is 11.7. The monoisotopic (exact) mass is 338 g/mol. The summed E-state index contributed by atoms with van der Waals surface area (Å²) in [5, 5.41) is 14.4. The van der Waals surface area contributed by atoms with Crippen LogP contribution in [0.1, 0.15) is 30.3 Å². The summed E-state index contributed by atoms with van der Waals surface area (Å²) in [6.07, 6.45) is 5.98. The van der Waals surface area contributed by atoms with Crippen molar-refractivity contribution in [3.05, 3.63) is 46.5 Å². The molecule has 0 aromatic carbocycles. The second kappa shape index (κ2) is 6.16. The maximum Gasteiger partial charge on any atom is 0.223 e. The van der Waals surface area contributed by atoms with Gasteiger partial charge in [-0.25, -0.2) is 9.97 Å². The van der Waals surface area contributed by atoms with Crippen LogP contribution in [-0.4, -0.2) is 31.6 Å². The van der Waals surface area contributed by atoms with E-state index < -0.39 is 0 Å². The molecule has 0 unspecified atom stereocenters. The zero-order valence-corrected chi connectivity index (χ0v) is 14.4. The first-order valence-electron chi connectivity index (χ1n) is 7.95. The molecular formula is C17H18N6S. The van der Waals surface area contributed by atoms with Crippen molar-refractivity contribution < 1.29 is 0 Å². The number of hydrogen-bond acceptors (Lipinski definition) is 6. The van der Waals surface area contributed by atoms with Gasteiger partial charge in [0, 0.05) is 17.8 Å². The summed E-state index contributed by atoms with van der Waals surface area (Å²) >= 11 is 1.67. The predicted molar refractivity (Wildman–Crippen MR) is 96.6 cm³/mol. The molecule has 0 bridgehead atoms. The van der Waals surface area contributed by atoms with Crippen LogP contribution in [0.5, 0.6) is 0 Å². The number of nitrogens with one attached hydrogen (secondary N) is 1. The van der Waals surface area contributed by atoms with Crippen LogP contribution in [0, 0.1) is 6.92 Å². The Labute approximate surface area is 144 Å². The summed E-state index contributed by atoms with van der Waals surface area (Å²) in [5.41, 5.74) is 3.74. The highest BCUT2D eigenvalue weighted by atomic mass is 32.1. The highest BCUT2D eigenvalue weighted by molar-refractivity contribution is 7.12. The summed E-state index contributed by atoms with van der Waals surface area (Å²) < 4.78 is 0. The summed E-state index contributed by atoms with van der Waals surface area (Å²) in [5.74, 6) is 0.681. The quantitative estimate of drug-likeness (QED) is 0.722. The molecule has 0 atom stereocenters. The third kappa shape index (κ3) is 3.07. The van der Waals surface area contributed by atoms with Crippen LogP contribution >= 0.6 is 11.3 Å². The van der Waals surface area contributed by atoms with Gasteiger partial charge in [0.15, 0.2) is 0 Å². The van der Waals surface area contributed by atoms with Gasteiger partial charge in [0.25, 0.3) is 0 Å². The standard InChI is InChI=1S/C17H18N6S/c1-11(16-4-3-9-24-16)22-23-12(2)14(10-19-23)15-7-8-18-17(21-15)20-13-5-6-13/h3-4,7-10,13H,5-6H2,1-2H3,(H,18,20,21)/b22-11+. The lowest BCUT2D eigenvalue weighted by atomic mass is 10.2. The highest BCUT2D eigenvalue weighted by Gasteiger charge is 2.22. The third-order valence-electron chi connectivity index (χ3n) is 3.95. The molecule has 122 valence electrons. The van der Waals surface area contributed by atoms with E-state index in [0.717, 1.165) is 27.5 Å². The summed E-state index contributed by atoms with van der Waals surface area (Å²) in [6, 6.07) is 6.52. The smallest absolute Gasteiger partial charge is 0.223 e. The second-order valence-corrected chi connectivity index (χ2v) is 6.83. The van der Waals surface area contributed by atoms with Crippen LogP contribution in [0.2, 0.25) is 0 Å². The number of hydrogen-bond donors (Lipinski definition) is 1. The molecule has 4 rings (SSSR count). The molecule has 0 amide bonds. The van der Waals surface area contributed by atoms with E-state index in [1.807, 2.05) is 37.6 Å². The minimum atomic E-state index is 0.530. The van der Waals surface area contributed by atoms with Gasteiger partial charge in [-0.05, 0) is 44.2 Å². The van der Waals surface area contributed by atoms with Gasteiger partial charge < -0.3 is 5.32 Å². The molecule has 0 radical (unpaired) electrons. The molecule has 1 saturated carbocycles. The SMILES string of the molecule is C/C(=N\n1ncc(-c2ccnc(NC3CC3)n2)c1C)c1cccs1. The summed E-state index contributed by atoms with van der Waals surface area (Å²) in [6.45, 7) is 4.00. The van der Waals surface area contributed by atoms with Crippen LogP contribution < -0.4 is 5.32 Å². The van der Waals surface area contributed by atoms with E-state index in [-0.39, 0.29) is 0 Å². The molecule has 0 aliphatic heterocycles. The fraction of sp³-hybridized carbons (Fsp3) is 0.294. The van der Waals surface area contributed by atoms with Crippen molar-refractivity contribution in [1.29, 1.82) is 0 Å². The van der Waals surface area contributed by atoms with Gasteiger partial charge >= 0.3 is 0 Å². The molecule has 0 spiro atoms. The maximum absolute atomic E-state index is 4.60. The largest absolute Gasteiger partial charge is 0.351 e. The number of anilines is 1. The average molecular weight is 338 g/mol. The number of rotatable bonds is 5. The Kier molecular flexibility index (Phi) is 3.86. The van der Waals surface area contributed by atoms with Gasteiger partial charge in [-0.15, -0.1) is 11.3 Å². The minimum absolute atomic E-state index is 0.530. The maximum atomic E-state index is 4.60. The topological polar surface area (TPSA) is 68.0 Å². The molecule has 1 aliphatic rings. The Bertz CT molecular complexity index is 876. The molecule has 3 aromatic rings. The van der Waals surface area contributed by atoms with Gasteiger partial charge in [0.2, 0.25) is 5.95 Å². The molecule has 3 aromatic heterocycles. The van der Waals surface area contributed by atoms with E-state index in [1.165, 1.54) is 12.8 Å². The Morgan fingerprint density at radius 3 is 3.00 bits per heavy atom. The van der Waals surface area contributed by atoms with Gasteiger partial charge in [-0.2, -0.15) is 15.0 Å². The fourth-order valence-electron chi connectivity index (χ4n) is 2.42. The minimum Gasteiger partial charge on any atom is -0.351 e. The first-order valence-corrected chi connectivity index (χ1v) is 8.83. The van der Waals surface area contributed by atoms with Crippen molar-refractivity contribution >= 4 is 23.0 Å². The lowest BCUT2D eigenvalue weighted by molar-refractivity contribution is 0.715. The fourth-order valence-corrected chi connectivity index (χ4v) is 3.09. The molecule has 24 heavy (non-hydrogen) atoms. The summed E-state index contributed by atoms with van der Waals surface area (Å²) in [4.78, 5) is 11.7. The molecule has 1 N–H and O–H groups in total. The Morgan fingerprint density at radius 2 is 2.25 bits per heavy atom. The molecule has 1 fully saturated rings. The van der Waals surface area contributed by atoms with Crippen LogP contribution in [0.3, 0.4) is 0 Å². The molecule has 0 saturated heterocycles. The molecule has 7 heteroatoms. The number of thiophene rings is 1. The molecule has 6 nitrogen and oxygen atoms in total. The van der Waals surface area contributed by atoms with Gasteiger partial charge in [0.05, 0.1) is 28.2 Å². The average Bonchev–Trinajstić information content (AvgIpc) is 3.09. The van der Waals surface area contributed by atoms with E-state index in [2.05, 4.69) is 31.6 Å². The number of nitrogens with zero attached hydrogens (tertiary/aromatic N) is 5. The van der Waals surface area contributed by atoms with Crippen LogP contribution in [-0.2, 0) is 0 Å². The third-order valence-corrected chi connectivity index (χ3v) is 4.93.